The number of rotatable bonds is 15. The van der Waals surface area contributed by atoms with Crippen molar-refractivity contribution in [2.75, 3.05) is 51.8 Å². The van der Waals surface area contributed by atoms with Crippen molar-refractivity contribution in [1.82, 2.24) is 9.80 Å². The van der Waals surface area contributed by atoms with Gasteiger partial charge in [0.2, 0.25) is 0 Å². The molecule has 1 fully saturated rings. The molecular formula is C56H55N3O5. The van der Waals surface area contributed by atoms with Gasteiger partial charge < -0.3 is 24.0 Å². The lowest BCUT2D eigenvalue weighted by atomic mass is 9.92. The van der Waals surface area contributed by atoms with Gasteiger partial charge in [0, 0.05) is 57.4 Å². The first-order valence-corrected chi connectivity index (χ1v) is 21.9. The van der Waals surface area contributed by atoms with Crippen LogP contribution < -0.4 is 14.4 Å². The molecule has 0 saturated carbocycles. The molecule has 1 atom stereocenters. The SMILES string of the molecule is C=CCOC(=O)c1ccc(N2CCN(C(C)c3ccc(-c4ccc(-c5cc(C(=O)N(C)C)c(OCc6ccc(OCc7ccc(C)cc7)cc6)c6ccccc56)cc4)cc3)CC2)cc1. The predicted octanol–water partition coefficient (Wildman–Crippen LogP) is 11.6. The molecule has 64 heavy (non-hydrogen) atoms. The van der Waals surface area contributed by atoms with E-state index in [1.54, 1.807) is 25.1 Å². The lowest BCUT2D eigenvalue weighted by Crippen LogP contribution is -2.47. The van der Waals surface area contributed by atoms with Gasteiger partial charge in [0.05, 0.1) is 11.1 Å². The number of carbonyl (C=O) groups excluding carboxylic acids is 2. The number of fused-ring (bicyclic) bond motifs is 1. The highest BCUT2D eigenvalue weighted by Crippen LogP contribution is 2.39. The molecule has 8 heteroatoms. The van der Waals surface area contributed by atoms with Gasteiger partial charge in [-0.3, -0.25) is 9.69 Å². The summed E-state index contributed by atoms with van der Waals surface area (Å²) in [5.74, 6) is 0.901. The van der Waals surface area contributed by atoms with Crippen LogP contribution in [-0.2, 0) is 18.0 Å². The number of nitrogens with zero attached hydrogens (tertiary/aromatic N) is 3. The molecule has 1 amide bonds. The van der Waals surface area contributed by atoms with Crippen LogP contribution in [0.4, 0.5) is 5.69 Å². The minimum atomic E-state index is -0.335. The summed E-state index contributed by atoms with van der Waals surface area (Å²) in [4.78, 5) is 32.5. The van der Waals surface area contributed by atoms with Crippen LogP contribution in [0.3, 0.4) is 0 Å². The number of aryl methyl sites for hydroxylation is 1. The van der Waals surface area contributed by atoms with Gasteiger partial charge in [-0.1, -0.05) is 127 Å². The fourth-order valence-electron chi connectivity index (χ4n) is 8.23. The van der Waals surface area contributed by atoms with Crippen molar-refractivity contribution in [3.63, 3.8) is 0 Å². The topological polar surface area (TPSA) is 71.6 Å². The second-order valence-electron chi connectivity index (χ2n) is 16.6. The first kappa shape index (κ1) is 43.5. The van der Waals surface area contributed by atoms with Gasteiger partial charge in [-0.2, -0.15) is 0 Å². The maximum Gasteiger partial charge on any atom is 0.338 e. The Morgan fingerprint density at radius 2 is 1.27 bits per heavy atom. The first-order chi connectivity index (χ1) is 31.1. The van der Waals surface area contributed by atoms with Crippen LogP contribution in [0.25, 0.3) is 33.0 Å². The van der Waals surface area contributed by atoms with Crippen molar-refractivity contribution in [3.8, 4) is 33.8 Å². The summed E-state index contributed by atoms with van der Waals surface area (Å²) in [6.45, 7) is 12.7. The zero-order chi connectivity index (χ0) is 44.6. The van der Waals surface area contributed by atoms with E-state index in [4.69, 9.17) is 14.2 Å². The van der Waals surface area contributed by atoms with E-state index in [-0.39, 0.29) is 24.5 Å². The lowest BCUT2D eigenvalue weighted by molar-refractivity contribution is 0.0549. The number of ether oxygens (including phenoxy) is 3. The van der Waals surface area contributed by atoms with Crippen LogP contribution >= 0.6 is 0 Å². The molecule has 8 nitrogen and oxygen atoms in total. The quantitative estimate of drug-likeness (QED) is 0.0751. The number of esters is 1. The summed E-state index contributed by atoms with van der Waals surface area (Å²) >= 11 is 0. The predicted molar refractivity (Wildman–Crippen MR) is 258 cm³/mol. The van der Waals surface area contributed by atoms with Crippen molar-refractivity contribution in [2.45, 2.75) is 33.1 Å². The van der Waals surface area contributed by atoms with Gasteiger partial charge in [0.1, 0.15) is 31.3 Å². The minimum Gasteiger partial charge on any atom is -0.489 e. The number of anilines is 1. The molecule has 0 bridgehead atoms. The summed E-state index contributed by atoms with van der Waals surface area (Å²) in [7, 11) is 3.54. The number of piperazine rings is 1. The molecule has 0 aliphatic carbocycles. The number of hydrogen-bond acceptors (Lipinski definition) is 7. The van der Waals surface area contributed by atoms with E-state index in [9.17, 15) is 9.59 Å². The minimum absolute atomic E-state index is 0.121. The fraction of sp³-hybridized carbons (Fsp3) is 0.214. The summed E-state index contributed by atoms with van der Waals surface area (Å²) in [5.41, 5.74) is 11.0. The molecule has 7 aromatic carbocycles. The van der Waals surface area contributed by atoms with Crippen LogP contribution in [0.15, 0.2) is 164 Å². The molecule has 0 spiro atoms. The standard InChI is InChI=1S/C56H55N3O5/c1-6-35-62-56(61)47-25-27-48(28-26-47)59-33-31-58(32-34-59)40(3)43-17-19-44(20-18-43)45-21-23-46(24-22-45)52-36-53(55(60)57(4)5)54(51-10-8-7-9-50(51)52)64-38-42-15-29-49(30-16-42)63-37-41-13-11-39(2)12-14-41/h6-30,36,40H,1,31-35,37-38H2,2-5H3. The maximum absolute atomic E-state index is 13.8. The van der Waals surface area contributed by atoms with Crippen molar-refractivity contribution >= 4 is 28.3 Å². The second-order valence-corrected chi connectivity index (χ2v) is 16.6. The average molecular weight is 850 g/mol. The summed E-state index contributed by atoms with van der Waals surface area (Å²) in [5, 5.41) is 1.90. The third-order valence-corrected chi connectivity index (χ3v) is 12.0. The van der Waals surface area contributed by atoms with Gasteiger partial charge in [0.25, 0.3) is 5.91 Å². The third kappa shape index (κ3) is 10.0. The highest BCUT2D eigenvalue weighted by Gasteiger charge is 2.24. The van der Waals surface area contributed by atoms with Crippen LogP contribution in [0, 0.1) is 6.92 Å². The molecule has 1 unspecified atom stereocenters. The number of amides is 1. The molecule has 0 radical (unpaired) electrons. The monoisotopic (exact) mass is 849 g/mol. The summed E-state index contributed by atoms with van der Waals surface area (Å²) in [6, 6.07) is 51.8. The lowest BCUT2D eigenvalue weighted by Gasteiger charge is -2.39. The molecule has 7 aromatic rings. The number of benzene rings is 7. The van der Waals surface area contributed by atoms with Crippen LogP contribution in [0.5, 0.6) is 11.5 Å². The molecule has 8 rings (SSSR count). The first-order valence-electron chi connectivity index (χ1n) is 21.9. The van der Waals surface area contributed by atoms with Crippen molar-refractivity contribution in [2.24, 2.45) is 0 Å². The van der Waals surface area contributed by atoms with E-state index in [1.807, 2.05) is 72.8 Å². The summed E-state index contributed by atoms with van der Waals surface area (Å²) in [6.07, 6.45) is 1.57. The largest absolute Gasteiger partial charge is 0.489 e. The Morgan fingerprint density at radius 3 is 1.89 bits per heavy atom. The smallest absolute Gasteiger partial charge is 0.338 e. The Labute approximate surface area is 376 Å². The third-order valence-electron chi connectivity index (χ3n) is 12.0. The molecule has 0 aromatic heterocycles. The second kappa shape index (κ2) is 19.9. The Kier molecular flexibility index (Phi) is 13.5. The van der Waals surface area contributed by atoms with Gasteiger partial charge >= 0.3 is 5.97 Å². The van der Waals surface area contributed by atoms with E-state index in [0.29, 0.717) is 30.1 Å². The Hall–Kier alpha value is -7.16. The van der Waals surface area contributed by atoms with Gasteiger partial charge in [0.15, 0.2) is 0 Å². The number of hydrogen-bond donors (Lipinski definition) is 0. The van der Waals surface area contributed by atoms with Crippen LogP contribution in [0.1, 0.15) is 55.9 Å². The zero-order valence-corrected chi connectivity index (χ0v) is 37.1. The van der Waals surface area contributed by atoms with E-state index < -0.39 is 0 Å². The zero-order valence-electron chi connectivity index (χ0n) is 37.1. The average Bonchev–Trinajstić information content (AvgIpc) is 3.34. The van der Waals surface area contributed by atoms with Gasteiger partial charge in [-0.25, -0.2) is 4.79 Å². The van der Waals surface area contributed by atoms with Crippen LogP contribution in [-0.4, -0.2) is 68.6 Å². The van der Waals surface area contributed by atoms with Gasteiger partial charge in [-0.15, -0.1) is 0 Å². The van der Waals surface area contributed by atoms with E-state index in [2.05, 4.69) is 109 Å². The Morgan fingerprint density at radius 1 is 0.688 bits per heavy atom. The highest BCUT2D eigenvalue weighted by molar-refractivity contribution is 6.09. The molecule has 1 heterocycles. The summed E-state index contributed by atoms with van der Waals surface area (Å²) < 4.78 is 17.8. The van der Waals surface area contributed by atoms with E-state index >= 15 is 0 Å². The molecule has 324 valence electrons. The molecule has 0 N–H and O–H groups in total. The van der Waals surface area contributed by atoms with E-state index in [1.165, 1.54) is 11.1 Å². The van der Waals surface area contributed by atoms with E-state index in [0.717, 1.165) is 81.8 Å². The van der Waals surface area contributed by atoms with Crippen molar-refractivity contribution < 1.29 is 23.8 Å². The normalized spacial score (nSPS) is 13.3. The van der Waals surface area contributed by atoms with Crippen LogP contribution in [0.2, 0.25) is 0 Å². The fourth-order valence-corrected chi connectivity index (χ4v) is 8.23. The molecule has 1 saturated heterocycles. The van der Waals surface area contributed by atoms with Gasteiger partial charge in [-0.05, 0) is 101 Å². The highest BCUT2D eigenvalue weighted by atomic mass is 16.5. The van der Waals surface area contributed by atoms with Crippen molar-refractivity contribution in [3.05, 3.63) is 198 Å². The Balaban J connectivity index is 0.932. The maximum atomic E-state index is 13.8. The molecule has 1 aliphatic heterocycles. The number of carbonyl (C=O) groups is 2. The van der Waals surface area contributed by atoms with Crippen molar-refractivity contribution in [1.29, 1.82) is 0 Å². The molecule has 1 aliphatic rings. The molecular weight excluding hydrogens is 795 g/mol. The Bertz CT molecular complexity index is 2700.